The molecule has 12 heavy (non-hydrogen) atoms. The molecule has 0 aliphatic carbocycles. The van der Waals surface area contributed by atoms with Crippen molar-refractivity contribution >= 4 is 38.1 Å². The highest BCUT2D eigenvalue weighted by atomic mass is 33.1. The van der Waals surface area contributed by atoms with E-state index >= 15 is 0 Å². The highest BCUT2D eigenvalue weighted by molar-refractivity contribution is 8.89. The smallest absolute Gasteiger partial charge is 0.105 e. The molecule has 1 heterocycles. The summed E-state index contributed by atoms with van der Waals surface area (Å²) in [6.07, 6.45) is 5.41. The maximum atomic E-state index is 4.25. The molecule has 0 aromatic carbocycles. The van der Waals surface area contributed by atoms with Crippen LogP contribution in [0.3, 0.4) is 0 Å². The molecule has 1 fully saturated rings. The Kier molecular flexibility index (Phi) is 4.66. The number of hydrogen-bond donors (Lipinski definition) is 0. The molecule has 3 heteroatoms. The van der Waals surface area contributed by atoms with Crippen molar-refractivity contribution in [1.29, 1.82) is 0 Å². The lowest BCUT2D eigenvalue weighted by Gasteiger charge is -2.10. The fraction of sp³-hybridized carbons (Fsp3) is 0.778. The molecule has 3 atom stereocenters. The molecule has 0 spiro atoms. The van der Waals surface area contributed by atoms with Crippen LogP contribution in [0.1, 0.15) is 19.3 Å². The molecule has 1 saturated heterocycles. The average molecular weight is 201 g/mol. The summed E-state index contributed by atoms with van der Waals surface area (Å²) in [6.45, 7) is 2.14. The Labute approximate surface area is 81.6 Å². The van der Waals surface area contributed by atoms with E-state index in [0.29, 0.717) is 19.0 Å². The Morgan fingerprint density at radius 2 is 2.25 bits per heavy atom. The van der Waals surface area contributed by atoms with Crippen molar-refractivity contribution in [1.82, 2.24) is 0 Å². The molecule has 0 nitrogen and oxygen atoms in total. The molecule has 0 aromatic heterocycles. The van der Waals surface area contributed by atoms with Gasteiger partial charge in [-0.2, -0.15) is 0 Å². The zero-order valence-electron chi connectivity index (χ0n) is 7.92. The van der Waals surface area contributed by atoms with E-state index in [-0.39, 0.29) is 0 Å². The van der Waals surface area contributed by atoms with Crippen LogP contribution in [0.2, 0.25) is 13.1 Å². The Balaban J connectivity index is 2.25. The van der Waals surface area contributed by atoms with Gasteiger partial charge in [0.1, 0.15) is 7.28 Å². The van der Waals surface area contributed by atoms with Crippen LogP contribution in [-0.4, -0.2) is 30.0 Å². The first-order chi connectivity index (χ1) is 5.75. The third kappa shape index (κ3) is 2.77. The van der Waals surface area contributed by atoms with Gasteiger partial charge >= 0.3 is 0 Å². The number of rotatable bonds is 4. The molecule has 69 valence electrons. The van der Waals surface area contributed by atoms with Crippen LogP contribution in [0.5, 0.6) is 0 Å². The summed E-state index contributed by atoms with van der Waals surface area (Å²) >= 11 is 0. The Morgan fingerprint density at radius 1 is 1.50 bits per heavy atom. The van der Waals surface area contributed by atoms with Gasteiger partial charge in [0.25, 0.3) is 0 Å². The van der Waals surface area contributed by atoms with Crippen LogP contribution in [0.25, 0.3) is 0 Å². The van der Waals surface area contributed by atoms with E-state index in [1.807, 2.05) is 0 Å². The molecule has 3 unspecified atom stereocenters. The van der Waals surface area contributed by atoms with Gasteiger partial charge in [0, 0.05) is 5.25 Å². The molecule has 1 rings (SSSR count). The summed E-state index contributed by atoms with van der Waals surface area (Å²) < 4.78 is 0. The van der Waals surface area contributed by atoms with Crippen molar-refractivity contribution in [2.24, 2.45) is 0 Å². The lowest BCUT2D eigenvalue weighted by atomic mass is 9.76. The fourth-order valence-electron chi connectivity index (χ4n) is 1.52. The maximum Gasteiger partial charge on any atom is 0.105 e. The molecule has 0 saturated carbocycles. The molecule has 1 radical (unpaired) electrons. The van der Waals surface area contributed by atoms with Gasteiger partial charge in [-0.15, -0.1) is 19.0 Å². The largest absolute Gasteiger partial charge is 0.142 e. The first kappa shape index (κ1) is 10.6. The SMILES string of the molecule is C=S1CCC(CCC[B]C)S1=C. The van der Waals surface area contributed by atoms with Gasteiger partial charge in [-0.05, 0) is 18.6 Å². The quantitative estimate of drug-likeness (QED) is 0.284. The second kappa shape index (κ2) is 5.28. The van der Waals surface area contributed by atoms with Gasteiger partial charge in [-0.3, -0.25) is 0 Å². The third-order valence-corrected chi connectivity index (χ3v) is 8.01. The van der Waals surface area contributed by atoms with Gasteiger partial charge < -0.3 is 0 Å². The zero-order valence-corrected chi connectivity index (χ0v) is 9.55. The maximum absolute atomic E-state index is 4.25. The van der Waals surface area contributed by atoms with Gasteiger partial charge in [0.2, 0.25) is 0 Å². The van der Waals surface area contributed by atoms with Crippen molar-refractivity contribution in [2.45, 2.75) is 37.7 Å². The van der Waals surface area contributed by atoms with Crippen LogP contribution in [0.15, 0.2) is 0 Å². The second-order valence-corrected chi connectivity index (χ2v) is 8.69. The molecular formula is C9H18BS2. The van der Waals surface area contributed by atoms with E-state index in [4.69, 9.17) is 0 Å². The summed E-state index contributed by atoms with van der Waals surface area (Å²) in [7, 11) is 3.06. The van der Waals surface area contributed by atoms with E-state index in [1.165, 1.54) is 31.3 Å². The molecule has 1 aliphatic rings. The molecule has 0 bridgehead atoms. The summed E-state index contributed by atoms with van der Waals surface area (Å²) in [5.74, 6) is 9.75. The summed E-state index contributed by atoms with van der Waals surface area (Å²) in [5.41, 5.74) is 0. The monoisotopic (exact) mass is 201 g/mol. The minimum absolute atomic E-state index is 0.394. The van der Waals surface area contributed by atoms with Gasteiger partial charge in [-0.25, -0.2) is 0 Å². The molecular weight excluding hydrogens is 183 g/mol. The Bertz CT molecular complexity index is 189. The fourth-order valence-corrected chi connectivity index (χ4v) is 6.29. The van der Waals surface area contributed by atoms with E-state index in [1.54, 1.807) is 0 Å². The minimum atomic E-state index is 0.394. The van der Waals surface area contributed by atoms with E-state index in [0.717, 1.165) is 5.25 Å². The molecule has 0 N–H and O–H groups in total. The molecule has 0 aromatic rings. The first-order valence-corrected chi connectivity index (χ1v) is 8.11. The van der Waals surface area contributed by atoms with E-state index < -0.39 is 0 Å². The zero-order chi connectivity index (χ0) is 8.97. The standard InChI is InChI=1S/C9H18BS2/c1-10-7-4-5-9-6-8-11(2)12(9)3/h9H,2-8H2,1H3. The van der Waals surface area contributed by atoms with Crippen molar-refractivity contribution in [3.05, 3.63) is 0 Å². The summed E-state index contributed by atoms with van der Waals surface area (Å²) in [6, 6.07) is 0. The lowest BCUT2D eigenvalue weighted by molar-refractivity contribution is 0.730. The normalized spacial score (nSPS) is 35.2. The van der Waals surface area contributed by atoms with E-state index in [2.05, 4.69) is 25.8 Å². The Hall–Kier alpha value is 0.505. The second-order valence-electron chi connectivity index (χ2n) is 3.27. The van der Waals surface area contributed by atoms with Crippen LogP contribution in [0.4, 0.5) is 0 Å². The van der Waals surface area contributed by atoms with Crippen molar-refractivity contribution in [2.75, 3.05) is 5.75 Å². The van der Waals surface area contributed by atoms with Gasteiger partial charge in [-0.1, -0.05) is 31.3 Å². The molecule has 1 aliphatic heterocycles. The first-order valence-electron chi connectivity index (χ1n) is 4.57. The highest BCUT2D eigenvalue weighted by Gasteiger charge is 2.19. The molecule has 0 amide bonds. The minimum Gasteiger partial charge on any atom is -0.142 e. The Morgan fingerprint density at radius 3 is 2.75 bits per heavy atom. The van der Waals surface area contributed by atoms with E-state index in [9.17, 15) is 0 Å². The highest BCUT2D eigenvalue weighted by Crippen LogP contribution is 2.49. The van der Waals surface area contributed by atoms with Gasteiger partial charge in [0.15, 0.2) is 0 Å². The van der Waals surface area contributed by atoms with Crippen LogP contribution in [-0.2, 0) is 0 Å². The van der Waals surface area contributed by atoms with Crippen LogP contribution >= 0.6 is 19.0 Å². The van der Waals surface area contributed by atoms with Crippen LogP contribution < -0.4 is 0 Å². The summed E-state index contributed by atoms with van der Waals surface area (Å²) in [5, 5.41) is 0.908. The van der Waals surface area contributed by atoms with Crippen molar-refractivity contribution < 1.29 is 0 Å². The number of hydrogen-bond acceptors (Lipinski definition) is 0. The van der Waals surface area contributed by atoms with Crippen LogP contribution in [0, 0.1) is 0 Å². The van der Waals surface area contributed by atoms with Crippen molar-refractivity contribution in [3.8, 4) is 0 Å². The van der Waals surface area contributed by atoms with Gasteiger partial charge in [0.05, 0.1) is 0 Å². The topological polar surface area (TPSA) is 0 Å². The van der Waals surface area contributed by atoms with Crippen molar-refractivity contribution in [3.63, 3.8) is 0 Å². The lowest BCUT2D eigenvalue weighted by Crippen LogP contribution is -1.98. The average Bonchev–Trinajstić information content (AvgIpc) is 2.36. The predicted molar refractivity (Wildman–Crippen MR) is 68.4 cm³/mol. The summed E-state index contributed by atoms with van der Waals surface area (Å²) in [4.78, 5) is 0. The predicted octanol–water partition coefficient (Wildman–Crippen LogP) is 3.03. The third-order valence-electron chi connectivity index (χ3n) is 2.36.